The van der Waals surface area contributed by atoms with Crippen LogP contribution in [0.25, 0.3) is 0 Å². The fraction of sp³-hybridized carbons (Fsp3) is 0.588. The molecule has 1 amide bonds. The molecule has 0 saturated heterocycles. The number of anilines is 1. The average Bonchev–Trinajstić information content (AvgIpc) is 2.87. The van der Waals surface area contributed by atoms with Crippen molar-refractivity contribution in [2.24, 2.45) is 5.41 Å². The predicted molar refractivity (Wildman–Crippen MR) is 85.6 cm³/mol. The van der Waals surface area contributed by atoms with Crippen molar-refractivity contribution in [2.45, 2.75) is 32.6 Å². The van der Waals surface area contributed by atoms with Gasteiger partial charge in [0.2, 0.25) is 5.91 Å². The molecule has 1 unspecified atom stereocenters. The molecule has 21 heavy (non-hydrogen) atoms. The normalized spacial score (nSPS) is 17.2. The molecule has 1 aliphatic rings. The Labute approximate surface area is 127 Å². The summed E-state index contributed by atoms with van der Waals surface area (Å²) in [7, 11) is 1.71. The minimum atomic E-state index is 0.0670. The first-order chi connectivity index (χ1) is 10.0. The lowest BCUT2D eigenvalue weighted by atomic mass is 9.89. The summed E-state index contributed by atoms with van der Waals surface area (Å²) in [4.78, 5) is 12.2. The summed E-state index contributed by atoms with van der Waals surface area (Å²) in [5.74, 6) is 0.410. The Morgan fingerprint density at radius 3 is 2.95 bits per heavy atom. The first-order valence-electron chi connectivity index (χ1n) is 7.60. The van der Waals surface area contributed by atoms with Crippen LogP contribution < -0.4 is 10.6 Å². The number of hydrogen-bond acceptors (Lipinski definition) is 3. The molecule has 0 saturated carbocycles. The Bertz CT molecular complexity index is 485. The third kappa shape index (κ3) is 4.46. The van der Waals surface area contributed by atoms with Gasteiger partial charge in [-0.15, -0.1) is 0 Å². The van der Waals surface area contributed by atoms with E-state index in [0.717, 1.165) is 25.3 Å². The first-order valence-corrected chi connectivity index (χ1v) is 7.60. The van der Waals surface area contributed by atoms with Crippen LogP contribution in [0.2, 0.25) is 0 Å². The van der Waals surface area contributed by atoms with Crippen molar-refractivity contribution in [2.75, 3.05) is 32.1 Å². The number of methoxy groups -OCH3 is 1. The third-order valence-corrected chi connectivity index (χ3v) is 4.12. The van der Waals surface area contributed by atoms with Gasteiger partial charge in [-0.3, -0.25) is 4.79 Å². The molecule has 1 heterocycles. The van der Waals surface area contributed by atoms with Gasteiger partial charge in [0, 0.05) is 44.8 Å². The molecule has 4 nitrogen and oxygen atoms in total. The van der Waals surface area contributed by atoms with Crippen molar-refractivity contribution in [1.29, 1.82) is 0 Å². The van der Waals surface area contributed by atoms with Gasteiger partial charge in [0.05, 0.1) is 0 Å². The molecular weight excluding hydrogens is 264 g/mol. The highest BCUT2D eigenvalue weighted by atomic mass is 16.5. The van der Waals surface area contributed by atoms with Gasteiger partial charge < -0.3 is 15.4 Å². The maximum atomic E-state index is 12.2. The number of carbonyl (C=O) groups excluding carboxylic acids is 1. The second-order valence-electron chi connectivity index (χ2n) is 6.55. The molecule has 0 aliphatic carbocycles. The molecule has 0 fully saturated rings. The van der Waals surface area contributed by atoms with Crippen LogP contribution in [0.5, 0.6) is 0 Å². The van der Waals surface area contributed by atoms with Crippen LogP contribution >= 0.6 is 0 Å². The summed E-state index contributed by atoms with van der Waals surface area (Å²) in [5.41, 5.74) is 2.49. The van der Waals surface area contributed by atoms with Crippen molar-refractivity contribution in [3.05, 3.63) is 29.8 Å². The molecule has 2 rings (SSSR count). The highest BCUT2D eigenvalue weighted by Gasteiger charge is 2.25. The first kappa shape index (κ1) is 15.8. The van der Waals surface area contributed by atoms with E-state index in [0.29, 0.717) is 13.0 Å². The molecule has 1 aromatic rings. The maximum Gasteiger partial charge on any atom is 0.220 e. The van der Waals surface area contributed by atoms with E-state index in [9.17, 15) is 4.79 Å². The summed E-state index contributed by atoms with van der Waals surface area (Å²) in [6, 6.07) is 8.23. The van der Waals surface area contributed by atoms with Crippen LogP contribution in [0.15, 0.2) is 24.3 Å². The second kappa shape index (κ2) is 6.94. The molecule has 116 valence electrons. The van der Waals surface area contributed by atoms with Gasteiger partial charge in [-0.1, -0.05) is 32.0 Å². The zero-order chi connectivity index (χ0) is 15.3. The Morgan fingerprint density at radius 1 is 1.43 bits per heavy atom. The molecule has 4 heteroatoms. The highest BCUT2D eigenvalue weighted by Crippen LogP contribution is 2.33. The van der Waals surface area contributed by atoms with Crippen LogP contribution in [-0.4, -0.2) is 32.7 Å². The zero-order valence-corrected chi connectivity index (χ0v) is 13.2. The lowest BCUT2D eigenvalue weighted by Crippen LogP contribution is -2.35. The number of hydrogen-bond donors (Lipinski definition) is 2. The summed E-state index contributed by atoms with van der Waals surface area (Å²) in [5, 5.41) is 6.43. The molecular formula is C17H26N2O2. The predicted octanol–water partition coefficient (Wildman–Crippen LogP) is 2.76. The number of ether oxygens (including phenoxy) is 1. The Kier molecular flexibility index (Phi) is 5.23. The SMILES string of the molecule is COCCC(C)(C)CNC(=O)CC1CNc2ccccc21. The van der Waals surface area contributed by atoms with Gasteiger partial charge in [0.25, 0.3) is 0 Å². The summed E-state index contributed by atoms with van der Waals surface area (Å²) >= 11 is 0. The number of rotatable bonds is 7. The van der Waals surface area contributed by atoms with Gasteiger partial charge in [0.15, 0.2) is 0 Å². The number of para-hydroxylation sites is 1. The van der Waals surface area contributed by atoms with Crippen LogP contribution in [0, 0.1) is 5.41 Å². The minimum Gasteiger partial charge on any atom is -0.385 e. The van der Waals surface area contributed by atoms with Gasteiger partial charge in [-0.05, 0) is 23.5 Å². The van der Waals surface area contributed by atoms with Crippen molar-refractivity contribution in [1.82, 2.24) is 5.32 Å². The molecule has 1 aliphatic heterocycles. The van der Waals surface area contributed by atoms with Crippen molar-refractivity contribution in [3.63, 3.8) is 0 Å². The van der Waals surface area contributed by atoms with E-state index in [4.69, 9.17) is 4.74 Å². The van der Waals surface area contributed by atoms with E-state index in [-0.39, 0.29) is 17.2 Å². The molecule has 0 radical (unpaired) electrons. The molecule has 1 atom stereocenters. The van der Waals surface area contributed by atoms with Crippen molar-refractivity contribution in [3.8, 4) is 0 Å². The quantitative estimate of drug-likeness (QED) is 0.812. The lowest BCUT2D eigenvalue weighted by molar-refractivity contribution is -0.121. The van der Waals surface area contributed by atoms with Gasteiger partial charge in [0.1, 0.15) is 0 Å². The largest absolute Gasteiger partial charge is 0.385 e. The van der Waals surface area contributed by atoms with Crippen LogP contribution in [0.3, 0.4) is 0 Å². The Morgan fingerprint density at radius 2 is 2.19 bits per heavy atom. The van der Waals surface area contributed by atoms with E-state index < -0.39 is 0 Å². The van der Waals surface area contributed by atoms with Crippen LogP contribution in [0.4, 0.5) is 5.69 Å². The van der Waals surface area contributed by atoms with Gasteiger partial charge >= 0.3 is 0 Å². The Balaban J connectivity index is 1.81. The van der Waals surface area contributed by atoms with Crippen molar-refractivity contribution < 1.29 is 9.53 Å². The van der Waals surface area contributed by atoms with Gasteiger partial charge in [-0.25, -0.2) is 0 Å². The van der Waals surface area contributed by atoms with E-state index in [1.54, 1.807) is 7.11 Å². The number of carbonyl (C=O) groups is 1. The number of fused-ring (bicyclic) bond motifs is 1. The number of nitrogens with one attached hydrogen (secondary N) is 2. The van der Waals surface area contributed by atoms with Crippen LogP contribution in [-0.2, 0) is 9.53 Å². The maximum absolute atomic E-state index is 12.2. The number of benzene rings is 1. The number of amides is 1. The Hall–Kier alpha value is -1.55. The summed E-state index contributed by atoms with van der Waals surface area (Å²) < 4.78 is 5.11. The van der Waals surface area contributed by atoms with E-state index in [1.165, 1.54) is 5.56 Å². The fourth-order valence-electron chi connectivity index (χ4n) is 2.64. The monoisotopic (exact) mass is 290 g/mol. The molecule has 0 aromatic heterocycles. The smallest absolute Gasteiger partial charge is 0.220 e. The molecule has 0 bridgehead atoms. The van der Waals surface area contributed by atoms with E-state index in [2.05, 4.69) is 36.6 Å². The highest BCUT2D eigenvalue weighted by molar-refractivity contribution is 5.78. The van der Waals surface area contributed by atoms with Crippen LogP contribution in [0.1, 0.15) is 38.2 Å². The zero-order valence-electron chi connectivity index (χ0n) is 13.2. The molecule has 0 spiro atoms. The standard InChI is InChI=1S/C17H26N2O2/c1-17(2,8-9-21-3)12-19-16(20)10-13-11-18-15-7-5-4-6-14(13)15/h4-7,13,18H,8-12H2,1-3H3,(H,19,20). The van der Waals surface area contributed by atoms with E-state index in [1.807, 2.05) is 12.1 Å². The third-order valence-electron chi connectivity index (χ3n) is 4.12. The van der Waals surface area contributed by atoms with E-state index >= 15 is 0 Å². The topological polar surface area (TPSA) is 50.4 Å². The minimum absolute atomic E-state index is 0.0670. The van der Waals surface area contributed by atoms with Crippen molar-refractivity contribution >= 4 is 11.6 Å². The lowest BCUT2D eigenvalue weighted by Gasteiger charge is -2.25. The summed E-state index contributed by atoms with van der Waals surface area (Å²) in [6.45, 7) is 6.57. The molecule has 1 aromatic carbocycles. The fourth-order valence-corrected chi connectivity index (χ4v) is 2.64. The molecule has 2 N–H and O–H groups in total. The van der Waals surface area contributed by atoms with Gasteiger partial charge in [-0.2, -0.15) is 0 Å². The summed E-state index contributed by atoms with van der Waals surface area (Å²) in [6.07, 6.45) is 1.49. The second-order valence-corrected chi connectivity index (χ2v) is 6.55. The average molecular weight is 290 g/mol.